The number of nitrogens with zero attached hydrogens (tertiary/aromatic N) is 6. The van der Waals surface area contributed by atoms with Crippen LogP contribution in [0, 0.1) is 18.3 Å². The number of amides is 1. The topological polar surface area (TPSA) is 67.2 Å². The molecule has 188 valence electrons. The van der Waals surface area contributed by atoms with Crippen LogP contribution < -0.4 is 4.90 Å². The molecule has 1 atom stereocenters. The van der Waals surface area contributed by atoms with E-state index in [-0.39, 0.29) is 5.91 Å². The van der Waals surface area contributed by atoms with Gasteiger partial charge in [-0.05, 0) is 61.3 Å². The fourth-order valence-electron chi connectivity index (χ4n) is 5.83. The van der Waals surface area contributed by atoms with E-state index >= 15 is 0 Å². The predicted octanol–water partition coefficient (Wildman–Crippen LogP) is 5.00. The number of carbonyl (C=O) groups is 1. The van der Waals surface area contributed by atoms with E-state index in [2.05, 4.69) is 40.2 Å². The lowest BCUT2D eigenvalue weighted by atomic mass is 9.72. The average Bonchev–Trinajstić information content (AvgIpc) is 3.38. The second kappa shape index (κ2) is 8.54. The van der Waals surface area contributed by atoms with Crippen molar-refractivity contribution in [1.82, 2.24) is 24.4 Å². The third-order valence-corrected chi connectivity index (χ3v) is 9.43. The maximum atomic E-state index is 13.3. The first kappa shape index (κ1) is 23.4. The van der Waals surface area contributed by atoms with Crippen molar-refractivity contribution in [2.75, 3.05) is 31.1 Å². The van der Waals surface area contributed by atoms with Gasteiger partial charge in [0.25, 0.3) is 5.91 Å². The summed E-state index contributed by atoms with van der Waals surface area (Å²) in [6.45, 7) is 12.0. The van der Waals surface area contributed by atoms with Gasteiger partial charge in [0.2, 0.25) is 0 Å². The monoisotopic (exact) mass is 502 g/mol. The van der Waals surface area contributed by atoms with Gasteiger partial charge in [-0.1, -0.05) is 20.8 Å². The molecule has 1 unspecified atom stereocenters. The Bertz CT molecular complexity index is 1470. The summed E-state index contributed by atoms with van der Waals surface area (Å²) in [4.78, 5) is 34.2. The number of benzene rings is 1. The average molecular weight is 503 g/mol. The highest BCUT2D eigenvalue weighted by atomic mass is 32.1. The molecular formula is C28H34N6OS. The van der Waals surface area contributed by atoms with Crippen LogP contribution in [0.1, 0.15) is 53.8 Å². The number of anilines is 1. The molecule has 0 radical (unpaired) electrons. The second-order valence-electron chi connectivity index (χ2n) is 11.4. The normalized spacial score (nSPS) is 18.8. The van der Waals surface area contributed by atoms with E-state index < -0.39 is 0 Å². The quantitative estimate of drug-likeness (QED) is 0.386. The summed E-state index contributed by atoms with van der Waals surface area (Å²) in [5.41, 5.74) is 4.42. The molecular weight excluding hydrogens is 468 g/mol. The molecule has 0 spiro atoms. The lowest BCUT2D eigenvalue weighted by Gasteiger charge is -2.36. The standard InChI is InChI=1S/C28H34N6OS/c1-17-31-21-14-18(6-9-22(21)32(17)5)27(35)34-12-10-33(11-13-34)25-24-20-8-7-19(28(2,3)4)15-23(20)36-26(24)30-16-29-25/h6,9,14,16,19H,7-8,10-13,15H2,1-5H3. The van der Waals surface area contributed by atoms with Gasteiger partial charge in [0.15, 0.2) is 0 Å². The first-order valence-corrected chi connectivity index (χ1v) is 13.7. The van der Waals surface area contributed by atoms with Gasteiger partial charge in [0.05, 0.1) is 16.4 Å². The van der Waals surface area contributed by atoms with Crippen LogP contribution in [-0.2, 0) is 19.9 Å². The molecule has 1 aliphatic heterocycles. The number of hydrogen-bond donors (Lipinski definition) is 0. The minimum atomic E-state index is 0.0776. The van der Waals surface area contributed by atoms with Crippen LogP contribution in [0.2, 0.25) is 0 Å². The lowest BCUT2D eigenvalue weighted by molar-refractivity contribution is 0.0746. The third-order valence-electron chi connectivity index (χ3n) is 8.27. The van der Waals surface area contributed by atoms with Crippen molar-refractivity contribution in [3.8, 4) is 0 Å². The Hall–Kier alpha value is -3.00. The zero-order valence-corrected chi connectivity index (χ0v) is 22.7. The van der Waals surface area contributed by atoms with E-state index in [0.29, 0.717) is 30.0 Å². The maximum absolute atomic E-state index is 13.3. The number of imidazole rings is 1. The van der Waals surface area contributed by atoms with Crippen molar-refractivity contribution in [3.63, 3.8) is 0 Å². The molecule has 1 amide bonds. The third kappa shape index (κ3) is 3.86. The molecule has 7 nitrogen and oxygen atoms in total. The molecule has 1 fully saturated rings. The number of piperazine rings is 1. The van der Waals surface area contributed by atoms with E-state index in [1.807, 2.05) is 48.4 Å². The van der Waals surface area contributed by atoms with Gasteiger partial charge in [-0.2, -0.15) is 0 Å². The Labute approximate surface area is 216 Å². The van der Waals surface area contributed by atoms with Gasteiger partial charge >= 0.3 is 0 Å². The van der Waals surface area contributed by atoms with E-state index in [1.54, 1.807) is 6.33 Å². The largest absolute Gasteiger partial charge is 0.352 e. The van der Waals surface area contributed by atoms with Gasteiger partial charge < -0.3 is 14.4 Å². The summed E-state index contributed by atoms with van der Waals surface area (Å²) in [5, 5.41) is 1.25. The fourth-order valence-corrected chi connectivity index (χ4v) is 7.09. The van der Waals surface area contributed by atoms with E-state index in [1.165, 1.54) is 22.2 Å². The molecule has 2 aliphatic rings. The Morgan fingerprint density at radius 2 is 1.89 bits per heavy atom. The highest BCUT2D eigenvalue weighted by Crippen LogP contribution is 2.44. The fraction of sp³-hybridized carbons (Fsp3) is 0.500. The van der Waals surface area contributed by atoms with Crippen molar-refractivity contribution in [3.05, 3.63) is 46.4 Å². The van der Waals surface area contributed by atoms with Crippen LogP contribution in [0.25, 0.3) is 21.3 Å². The summed E-state index contributed by atoms with van der Waals surface area (Å²) in [5.74, 6) is 2.78. The molecule has 8 heteroatoms. The minimum Gasteiger partial charge on any atom is -0.352 e. The molecule has 1 aliphatic carbocycles. The van der Waals surface area contributed by atoms with Crippen LogP contribution in [0.5, 0.6) is 0 Å². The van der Waals surface area contributed by atoms with Crippen LogP contribution in [0.4, 0.5) is 5.82 Å². The van der Waals surface area contributed by atoms with Crippen molar-refractivity contribution in [2.24, 2.45) is 18.4 Å². The molecule has 1 aromatic carbocycles. The van der Waals surface area contributed by atoms with Gasteiger partial charge in [-0.25, -0.2) is 15.0 Å². The Morgan fingerprint density at radius 1 is 1.11 bits per heavy atom. The van der Waals surface area contributed by atoms with E-state index in [9.17, 15) is 4.79 Å². The first-order valence-electron chi connectivity index (χ1n) is 12.9. The minimum absolute atomic E-state index is 0.0776. The predicted molar refractivity (Wildman–Crippen MR) is 146 cm³/mol. The van der Waals surface area contributed by atoms with Crippen LogP contribution in [0.15, 0.2) is 24.5 Å². The summed E-state index contributed by atoms with van der Waals surface area (Å²) in [6.07, 6.45) is 5.18. The van der Waals surface area contributed by atoms with Crippen molar-refractivity contribution in [1.29, 1.82) is 0 Å². The summed E-state index contributed by atoms with van der Waals surface area (Å²) in [6, 6.07) is 5.85. The summed E-state index contributed by atoms with van der Waals surface area (Å²) in [7, 11) is 2.00. The lowest BCUT2D eigenvalue weighted by Crippen LogP contribution is -2.49. The van der Waals surface area contributed by atoms with Crippen LogP contribution >= 0.6 is 11.3 Å². The second-order valence-corrected chi connectivity index (χ2v) is 12.5. The van der Waals surface area contributed by atoms with Crippen molar-refractivity contribution in [2.45, 2.75) is 47.0 Å². The zero-order chi connectivity index (χ0) is 25.2. The van der Waals surface area contributed by atoms with Gasteiger partial charge in [-0.3, -0.25) is 4.79 Å². The molecule has 1 saturated heterocycles. The molecule has 4 heterocycles. The number of thiophene rings is 1. The van der Waals surface area contributed by atoms with Crippen molar-refractivity contribution >= 4 is 44.3 Å². The van der Waals surface area contributed by atoms with Crippen LogP contribution in [-0.4, -0.2) is 56.5 Å². The number of carbonyl (C=O) groups excluding carboxylic acids is 1. The Kier molecular flexibility index (Phi) is 5.55. The van der Waals surface area contributed by atoms with Gasteiger partial charge in [-0.15, -0.1) is 11.3 Å². The van der Waals surface area contributed by atoms with E-state index in [0.717, 1.165) is 53.4 Å². The Balaban J connectivity index is 1.21. The summed E-state index contributed by atoms with van der Waals surface area (Å²) >= 11 is 1.85. The van der Waals surface area contributed by atoms with Crippen LogP contribution in [0.3, 0.4) is 0 Å². The molecule has 0 N–H and O–H groups in total. The number of fused-ring (bicyclic) bond motifs is 4. The molecule has 0 bridgehead atoms. The van der Waals surface area contributed by atoms with Gasteiger partial charge in [0, 0.05) is 43.7 Å². The molecule has 3 aromatic heterocycles. The van der Waals surface area contributed by atoms with E-state index in [4.69, 9.17) is 4.98 Å². The number of hydrogen-bond acceptors (Lipinski definition) is 6. The highest BCUT2D eigenvalue weighted by Gasteiger charge is 2.33. The number of rotatable bonds is 2. The number of aryl methyl sites for hydroxylation is 3. The van der Waals surface area contributed by atoms with Crippen molar-refractivity contribution < 1.29 is 4.79 Å². The maximum Gasteiger partial charge on any atom is 0.254 e. The molecule has 36 heavy (non-hydrogen) atoms. The highest BCUT2D eigenvalue weighted by molar-refractivity contribution is 7.19. The van der Waals surface area contributed by atoms with Gasteiger partial charge in [0.1, 0.15) is 22.8 Å². The molecule has 0 saturated carbocycles. The SMILES string of the molecule is Cc1nc2cc(C(=O)N3CCN(c4ncnc5sc6c(c45)CCC(C(C)(C)C)C6)CC3)ccc2n1C. The smallest absolute Gasteiger partial charge is 0.254 e. The summed E-state index contributed by atoms with van der Waals surface area (Å²) < 4.78 is 2.05. The molecule has 4 aromatic rings. The Morgan fingerprint density at radius 3 is 2.64 bits per heavy atom. The molecule has 6 rings (SSSR count). The number of aromatic nitrogens is 4. The first-order chi connectivity index (χ1) is 17.2. The zero-order valence-electron chi connectivity index (χ0n) is 21.8.